The first-order valence-corrected chi connectivity index (χ1v) is 11.2. The monoisotopic (exact) mass is 511 g/mol. The summed E-state index contributed by atoms with van der Waals surface area (Å²) >= 11 is 0. The number of ether oxygens (including phenoxy) is 2. The van der Waals surface area contributed by atoms with Crippen LogP contribution in [-0.4, -0.2) is 35.1 Å². The first kappa shape index (κ1) is 25.5. The van der Waals surface area contributed by atoms with E-state index in [2.05, 4.69) is 10.3 Å². The van der Waals surface area contributed by atoms with Gasteiger partial charge in [-0.25, -0.2) is 0 Å². The number of carbonyl (C=O) groups is 2. The molecule has 4 rings (SSSR count). The molecule has 3 aromatic rings. The average molecular weight is 511 g/mol. The fourth-order valence-electron chi connectivity index (χ4n) is 3.81. The summed E-state index contributed by atoms with van der Waals surface area (Å²) < 4.78 is 49.1. The number of carboxylic acid groups (broad SMARTS) is 1. The van der Waals surface area contributed by atoms with Gasteiger partial charge >= 0.3 is 12.1 Å². The Morgan fingerprint density at radius 3 is 2.57 bits per heavy atom. The Labute approximate surface area is 209 Å². The number of pyridine rings is 1. The Balaban J connectivity index is 1.37. The van der Waals surface area contributed by atoms with Gasteiger partial charge in [0.15, 0.2) is 0 Å². The molecule has 0 bridgehead atoms. The van der Waals surface area contributed by atoms with Gasteiger partial charge in [0.1, 0.15) is 29.0 Å². The maximum Gasteiger partial charge on any atom is 0.433 e. The predicted octanol–water partition coefficient (Wildman–Crippen LogP) is 4.69. The van der Waals surface area contributed by atoms with Crippen LogP contribution in [0.3, 0.4) is 0 Å². The lowest BCUT2D eigenvalue weighted by Crippen LogP contribution is -2.25. The minimum atomic E-state index is -4.50. The van der Waals surface area contributed by atoms with Gasteiger partial charge in [-0.1, -0.05) is 6.07 Å². The summed E-state index contributed by atoms with van der Waals surface area (Å²) in [5.74, 6) is -1.27. The standard InChI is InChI=1S/C26H20F3N3O5/c27-26(28,29)23-6-1-15(14-32-23)7-9-31-24(33)16-2-4-18(5-3-16)37-21-12-22-20(11-17(21)13-30)19(25(34)35)8-10-36-22/h1-6,11-12,14,19H,7-10H2,(H,31,33)(H,34,35). The molecule has 1 aliphatic rings. The second-order valence-electron chi connectivity index (χ2n) is 8.21. The second-order valence-corrected chi connectivity index (χ2v) is 8.21. The number of hydrogen-bond donors (Lipinski definition) is 2. The zero-order valence-electron chi connectivity index (χ0n) is 19.2. The molecule has 8 nitrogen and oxygen atoms in total. The predicted molar refractivity (Wildman–Crippen MR) is 123 cm³/mol. The molecule has 0 aliphatic carbocycles. The van der Waals surface area contributed by atoms with Crippen molar-refractivity contribution in [2.24, 2.45) is 0 Å². The van der Waals surface area contributed by atoms with Gasteiger partial charge in [0.2, 0.25) is 0 Å². The van der Waals surface area contributed by atoms with Crippen molar-refractivity contribution < 1.29 is 37.3 Å². The molecule has 1 unspecified atom stereocenters. The van der Waals surface area contributed by atoms with Gasteiger partial charge in [-0.2, -0.15) is 18.4 Å². The summed E-state index contributed by atoms with van der Waals surface area (Å²) in [7, 11) is 0. The smallest absolute Gasteiger partial charge is 0.433 e. The molecule has 1 atom stereocenters. The fourth-order valence-corrected chi connectivity index (χ4v) is 3.81. The number of fused-ring (bicyclic) bond motifs is 1. The number of nitrogens with one attached hydrogen (secondary N) is 1. The van der Waals surface area contributed by atoms with Crippen LogP contribution in [-0.2, 0) is 17.4 Å². The number of nitrogens with zero attached hydrogens (tertiary/aromatic N) is 2. The molecule has 1 amide bonds. The van der Waals surface area contributed by atoms with Crippen molar-refractivity contribution in [2.45, 2.75) is 24.9 Å². The van der Waals surface area contributed by atoms with Crippen molar-refractivity contribution in [1.82, 2.24) is 10.3 Å². The third kappa shape index (κ3) is 5.98. The maximum atomic E-state index is 12.6. The van der Waals surface area contributed by atoms with Crippen LogP contribution in [0.15, 0.2) is 54.7 Å². The van der Waals surface area contributed by atoms with Crippen LogP contribution in [0, 0.1) is 11.3 Å². The number of carbonyl (C=O) groups excluding carboxylic acids is 1. The molecule has 2 aromatic carbocycles. The van der Waals surface area contributed by atoms with E-state index in [0.717, 1.165) is 12.3 Å². The number of benzene rings is 2. The third-order valence-electron chi connectivity index (χ3n) is 5.73. The number of aliphatic carboxylic acids is 1. The summed E-state index contributed by atoms with van der Waals surface area (Å²) in [6.45, 7) is 0.427. The molecule has 1 aliphatic heterocycles. The molecule has 2 N–H and O–H groups in total. The van der Waals surface area contributed by atoms with Gasteiger partial charge in [-0.3, -0.25) is 14.6 Å². The summed E-state index contributed by atoms with van der Waals surface area (Å²) in [6.07, 6.45) is -2.77. The van der Waals surface area contributed by atoms with Crippen molar-refractivity contribution in [3.63, 3.8) is 0 Å². The molecule has 190 valence electrons. The Morgan fingerprint density at radius 2 is 1.95 bits per heavy atom. The second kappa shape index (κ2) is 10.6. The molecule has 1 aromatic heterocycles. The molecular formula is C26H20F3N3O5. The molecule has 0 spiro atoms. The molecule has 0 saturated carbocycles. The summed E-state index contributed by atoms with van der Waals surface area (Å²) in [5, 5.41) is 21.6. The Hall–Kier alpha value is -4.59. The number of alkyl halides is 3. The molecule has 2 heterocycles. The van der Waals surface area contributed by atoms with E-state index in [9.17, 15) is 33.1 Å². The lowest BCUT2D eigenvalue weighted by molar-refractivity contribution is -0.141. The van der Waals surface area contributed by atoms with Gasteiger partial charge in [0.25, 0.3) is 5.91 Å². The van der Waals surface area contributed by atoms with E-state index in [0.29, 0.717) is 41.0 Å². The summed E-state index contributed by atoms with van der Waals surface area (Å²) in [4.78, 5) is 27.3. The minimum absolute atomic E-state index is 0.148. The number of nitriles is 1. The highest BCUT2D eigenvalue weighted by atomic mass is 19.4. The zero-order chi connectivity index (χ0) is 26.6. The Morgan fingerprint density at radius 1 is 1.19 bits per heavy atom. The SMILES string of the molecule is N#Cc1cc2c(cc1Oc1ccc(C(=O)NCCc3ccc(C(F)(F)F)nc3)cc1)OCCC2C(=O)O. The number of halogens is 3. The maximum absolute atomic E-state index is 12.6. The first-order chi connectivity index (χ1) is 17.7. The van der Waals surface area contributed by atoms with E-state index in [1.807, 2.05) is 6.07 Å². The summed E-state index contributed by atoms with van der Waals surface area (Å²) in [6, 6.07) is 13.3. The van der Waals surface area contributed by atoms with Crippen molar-refractivity contribution >= 4 is 11.9 Å². The number of carboxylic acids is 1. The van der Waals surface area contributed by atoms with Gasteiger partial charge in [-0.15, -0.1) is 0 Å². The van der Waals surface area contributed by atoms with E-state index in [-0.39, 0.29) is 30.4 Å². The molecule has 0 saturated heterocycles. The summed E-state index contributed by atoms with van der Waals surface area (Å²) in [5.41, 5.74) is 0.471. The van der Waals surface area contributed by atoms with Crippen LogP contribution < -0.4 is 14.8 Å². The quantitative estimate of drug-likeness (QED) is 0.472. The first-order valence-electron chi connectivity index (χ1n) is 11.2. The van der Waals surface area contributed by atoms with Gasteiger partial charge in [-0.05, 0) is 54.8 Å². The minimum Gasteiger partial charge on any atom is -0.493 e. The van der Waals surface area contributed by atoms with Crippen molar-refractivity contribution in [1.29, 1.82) is 5.26 Å². The van der Waals surface area contributed by atoms with Gasteiger partial charge < -0.3 is 19.9 Å². The third-order valence-corrected chi connectivity index (χ3v) is 5.73. The molecule has 0 fully saturated rings. The number of amides is 1. The Kier molecular flexibility index (Phi) is 7.29. The van der Waals surface area contributed by atoms with Crippen molar-refractivity contribution in [3.8, 4) is 23.3 Å². The van der Waals surface area contributed by atoms with Crippen LogP contribution in [0.2, 0.25) is 0 Å². The molecular weight excluding hydrogens is 491 g/mol. The van der Waals surface area contributed by atoms with Crippen LogP contribution in [0.1, 0.15) is 45.1 Å². The normalized spacial score (nSPS) is 14.6. The number of hydrogen-bond acceptors (Lipinski definition) is 6. The zero-order valence-corrected chi connectivity index (χ0v) is 19.2. The lowest BCUT2D eigenvalue weighted by Gasteiger charge is -2.24. The van der Waals surface area contributed by atoms with E-state index in [1.165, 1.54) is 42.5 Å². The van der Waals surface area contributed by atoms with Gasteiger partial charge in [0, 0.05) is 29.9 Å². The van der Waals surface area contributed by atoms with E-state index < -0.39 is 23.8 Å². The molecule has 11 heteroatoms. The number of aromatic nitrogens is 1. The lowest BCUT2D eigenvalue weighted by atomic mass is 9.91. The van der Waals surface area contributed by atoms with Crippen molar-refractivity contribution in [3.05, 3.63) is 82.7 Å². The fraction of sp³-hybridized carbons (Fsp3) is 0.231. The van der Waals surface area contributed by atoms with Crippen LogP contribution in [0.25, 0.3) is 0 Å². The van der Waals surface area contributed by atoms with Crippen LogP contribution >= 0.6 is 0 Å². The largest absolute Gasteiger partial charge is 0.493 e. The van der Waals surface area contributed by atoms with Crippen molar-refractivity contribution in [2.75, 3.05) is 13.2 Å². The number of rotatable bonds is 7. The van der Waals surface area contributed by atoms with E-state index in [1.54, 1.807) is 0 Å². The highest BCUT2D eigenvalue weighted by Crippen LogP contribution is 2.39. The topological polar surface area (TPSA) is 122 Å². The average Bonchev–Trinajstić information content (AvgIpc) is 2.88. The van der Waals surface area contributed by atoms with Crippen LogP contribution in [0.5, 0.6) is 17.2 Å². The van der Waals surface area contributed by atoms with Crippen LogP contribution in [0.4, 0.5) is 13.2 Å². The van der Waals surface area contributed by atoms with Gasteiger partial charge in [0.05, 0.1) is 18.1 Å². The Bertz CT molecular complexity index is 1350. The molecule has 37 heavy (non-hydrogen) atoms. The highest BCUT2D eigenvalue weighted by molar-refractivity contribution is 5.94. The molecule has 0 radical (unpaired) electrons. The van der Waals surface area contributed by atoms with E-state index in [4.69, 9.17) is 9.47 Å². The highest BCUT2D eigenvalue weighted by Gasteiger charge is 2.32. The van der Waals surface area contributed by atoms with E-state index >= 15 is 0 Å².